The largest absolute Gasteiger partial charge is 1.00 e. The van der Waals surface area contributed by atoms with E-state index < -0.39 is 0 Å². The fourth-order valence-electron chi connectivity index (χ4n) is 1.10. The summed E-state index contributed by atoms with van der Waals surface area (Å²) in [6.45, 7) is 0. The van der Waals surface area contributed by atoms with Crippen LogP contribution in [0.15, 0.2) is 24.3 Å². The number of hydrogen-bond donors (Lipinski definition) is 0. The molecular formula is C9H8ClK. The Balaban J connectivity index is 0.000000605. The first-order chi connectivity index (χ1) is 4.88. The predicted molar refractivity (Wildman–Crippen MR) is 43.1 cm³/mol. The Morgan fingerprint density at radius 1 is 1.36 bits per heavy atom. The average Bonchev–Trinajstić information content (AvgIpc) is 2.71. The zero-order chi connectivity index (χ0) is 6.97. The summed E-state index contributed by atoms with van der Waals surface area (Å²) in [4.78, 5) is 0. The average molecular weight is 191 g/mol. The van der Waals surface area contributed by atoms with Crippen LogP contribution in [0.1, 0.15) is 17.9 Å². The van der Waals surface area contributed by atoms with E-state index in [1.165, 1.54) is 12.0 Å². The molecule has 0 aliphatic heterocycles. The van der Waals surface area contributed by atoms with Crippen molar-refractivity contribution < 1.29 is 51.4 Å². The van der Waals surface area contributed by atoms with Gasteiger partial charge in [0.25, 0.3) is 0 Å². The van der Waals surface area contributed by atoms with Crippen LogP contribution in [0.5, 0.6) is 0 Å². The third kappa shape index (κ3) is 2.54. The monoisotopic (exact) mass is 190 g/mol. The number of hydrogen-bond acceptors (Lipinski definition) is 0. The van der Waals surface area contributed by atoms with Crippen LogP contribution in [0, 0.1) is 6.42 Å². The van der Waals surface area contributed by atoms with E-state index >= 15 is 0 Å². The summed E-state index contributed by atoms with van der Waals surface area (Å²) in [6.07, 6.45) is 3.46. The molecule has 2 heteroatoms. The first-order valence-electron chi connectivity index (χ1n) is 3.45. The van der Waals surface area contributed by atoms with E-state index in [1.54, 1.807) is 0 Å². The van der Waals surface area contributed by atoms with Crippen molar-refractivity contribution >= 4 is 11.6 Å². The van der Waals surface area contributed by atoms with Crippen LogP contribution < -0.4 is 51.4 Å². The Labute approximate surface area is 115 Å². The van der Waals surface area contributed by atoms with Gasteiger partial charge in [-0.25, -0.2) is 0 Å². The molecule has 0 bridgehead atoms. The van der Waals surface area contributed by atoms with Gasteiger partial charge in [0.05, 0.1) is 0 Å². The molecule has 0 spiro atoms. The second kappa shape index (κ2) is 4.40. The molecule has 52 valence electrons. The van der Waals surface area contributed by atoms with Gasteiger partial charge in [0.1, 0.15) is 0 Å². The fourth-order valence-corrected chi connectivity index (χ4v) is 1.37. The van der Waals surface area contributed by atoms with Crippen LogP contribution in [0.4, 0.5) is 0 Å². The molecule has 0 nitrogen and oxygen atoms in total. The van der Waals surface area contributed by atoms with E-state index in [1.807, 2.05) is 18.2 Å². The first-order valence-corrected chi connectivity index (χ1v) is 3.83. The molecular weight excluding hydrogens is 183 g/mol. The Hall–Kier alpha value is 1.15. The standard InChI is InChI=1S/C9H8Cl.K/c10-9-4-2-1-3-8(9)7-5-6-7;/h1-5,7H,6H2;/q-1;+1/t7-;/m1./s1. The molecule has 1 aromatic carbocycles. The Morgan fingerprint density at radius 2 is 2.00 bits per heavy atom. The number of halogens is 1. The van der Waals surface area contributed by atoms with Gasteiger partial charge in [0.15, 0.2) is 0 Å². The van der Waals surface area contributed by atoms with E-state index in [2.05, 4.69) is 12.5 Å². The summed E-state index contributed by atoms with van der Waals surface area (Å²) in [7, 11) is 0. The van der Waals surface area contributed by atoms with Gasteiger partial charge in [0.2, 0.25) is 0 Å². The third-order valence-corrected chi connectivity index (χ3v) is 2.12. The summed E-state index contributed by atoms with van der Waals surface area (Å²) >= 11 is 5.94. The molecule has 1 saturated carbocycles. The molecule has 1 aliphatic rings. The number of rotatable bonds is 1. The van der Waals surface area contributed by atoms with Crippen LogP contribution in [0.2, 0.25) is 5.02 Å². The van der Waals surface area contributed by atoms with Crippen LogP contribution >= 0.6 is 11.6 Å². The van der Waals surface area contributed by atoms with Crippen LogP contribution in [0.25, 0.3) is 0 Å². The molecule has 11 heavy (non-hydrogen) atoms. The molecule has 1 aromatic rings. The molecule has 0 saturated heterocycles. The van der Waals surface area contributed by atoms with E-state index in [0.29, 0.717) is 5.92 Å². The van der Waals surface area contributed by atoms with Crippen molar-refractivity contribution in [3.63, 3.8) is 0 Å². The number of benzene rings is 1. The maximum absolute atomic E-state index is 5.94. The van der Waals surface area contributed by atoms with Crippen molar-refractivity contribution in [3.8, 4) is 0 Å². The quantitative estimate of drug-likeness (QED) is 0.433. The minimum Gasteiger partial charge on any atom is -0.325 e. The minimum atomic E-state index is 0. The molecule has 1 fully saturated rings. The topological polar surface area (TPSA) is 0 Å². The van der Waals surface area contributed by atoms with Crippen molar-refractivity contribution in [1.29, 1.82) is 0 Å². The normalized spacial score (nSPS) is 20.6. The maximum atomic E-state index is 5.94. The van der Waals surface area contributed by atoms with Gasteiger partial charge in [-0.2, -0.15) is 12.3 Å². The van der Waals surface area contributed by atoms with Crippen molar-refractivity contribution in [3.05, 3.63) is 41.3 Å². The molecule has 0 N–H and O–H groups in total. The second-order valence-corrected chi connectivity index (χ2v) is 3.01. The van der Waals surface area contributed by atoms with Gasteiger partial charge in [-0.05, 0) is 6.07 Å². The Morgan fingerprint density at radius 3 is 2.55 bits per heavy atom. The molecule has 0 amide bonds. The van der Waals surface area contributed by atoms with Crippen molar-refractivity contribution in [2.24, 2.45) is 0 Å². The van der Waals surface area contributed by atoms with E-state index in [4.69, 9.17) is 11.6 Å². The Bertz CT molecular complexity index is 243. The Kier molecular flexibility index (Phi) is 4.09. The fraction of sp³-hybridized carbons (Fsp3) is 0.222. The SMILES string of the molecule is Clc1ccccc1[C@@H]1[CH-]C1.[K+]. The van der Waals surface area contributed by atoms with Crippen LogP contribution in [0.3, 0.4) is 0 Å². The van der Waals surface area contributed by atoms with Gasteiger partial charge in [-0.1, -0.05) is 35.4 Å². The zero-order valence-electron chi connectivity index (χ0n) is 6.55. The minimum absolute atomic E-state index is 0. The van der Waals surface area contributed by atoms with Crippen LogP contribution in [-0.4, -0.2) is 0 Å². The van der Waals surface area contributed by atoms with E-state index in [0.717, 1.165) is 5.02 Å². The predicted octanol–water partition coefficient (Wildman–Crippen LogP) is 0.0356. The summed E-state index contributed by atoms with van der Waals surface area (Å²) in [5.41, 5.74) is 1.28. The van der Waals surface area contributed by atoms with Gasteiger partial charge in [-0.3, -0.25) is 0 Å². The maximum Gasteiger partial charge on any atom is 1.00 e. The van der Waals surface area contributed by atoms with Crippen molar-refractivity contribution in [2.75, 3.05) is 0 Å². The third-order valence-electron chi connectivity index (χ3n) is 1.78. The van der Waals surface area contributed by atoms with Gasteiger partial charge >= 0.3 is 51.4 Å². The van der Waals surface area contributed by atoms with Crippen LogP contribution in [-0.2, 0) is 0 Å². The summed E-state index contributed by atoms with van der Waals surface area (Å²) in [5.74, 6) is 0.647. The van der Waals surface area contributed by atoms with Gasteiger partial charge in [-0.15, -0.1) is 0 Å². The summed E-state index contributed by atoms with van der Waals surface area (Å²) in [6, 6.07) is 8.04. The molecule has 0 radical (unpaired) electrons. The summed E-state index contributed by atoms with van der Waals surface area (Å²) < 4.78 is 0. The molecule has 0 aromatic heterocycles. The molecule has 1 aliphatic carbocycles. The second-order valence-electron chi connectivity index (χ2n) is 2.60. The first kappa shape index (κ1) is 10.2. The van der Waals surface area contributed by atoms with E-state index in [-0.39, 0.29) is 51.4 Å². The van der Waals surface area contributed by atoms with Gasteiger partial charge < -0.3 is 6.42 Å². The van der Waals surface area contributed by atoms with Gasteiger partial charge in [0, 0.05) is 5.02 Å². The molecule has 0 heterocycles. The zero-order valence-corrected chi connectivity index (χ0v) is 10.4. The smallest absolute Gasteiger partial charge is 0.325 e. The molecule has 0 unspecified atom stereocenters. The van der Waals surface area contributed by atoms with Crippen molar-refractivity contribution in [2.45, 2.75) is 12.3 Å². The van der Waals surface area contributed by atoms with E-state index in [9.17, 15) is 0 Å². The molecule has 2 rings (SSSR count). The van der Waals surface area contributed by atoms with Crippen molar-refractivity contribution in [1.82, 2.24) is 0 Å². The summed E-state index contributed by atoms with van der Waals surface area (Å²) in [5, 5.41) is 0.904. The molecule has 1 atom stereocenters.